The van der Waals surface area contributed by atoms with Crippen molar-refractivity contribution in [3.8, 4) is 0 Å². The van der Waals surface area contributed by atoms with Crippen LogP contribution < -0.4 is 0 Å². The van der Waals surface area contributed by atoms with Gasteiger partial charge in [0.05, 0.1) is 12.2 Å². The van der Waals surface area contributed by atoms with Gasteiger partial charge in [-0.15, -0.1) is 0 Å². The standard InChI is InChI=1S/C16H20O5/c1-3-14(20-15(17)4-2)11-8-12-19-21-16(18)13-9-6-5-7-10-13/h4-7,9-10,14H,2-3,8,11-12H2,1H3. The summed E-state index contributed by atoms with van der Waals surface area (Å²) in [5.74, 6) is -0.959. The lowest BCUT2D eigenvalue weighted by Crippen LogP contribution is -2.16. The molecule has 0 saturated carbocycles. The van der Waals surface area contributed by atoms with Crippen LogP contribution in [-0.4, -0.2) is 24.6 Å². The normalized spacial score (nSPS) is 11.5. The molecule has 0 aliphatic heterocycles. The van der Waals surface area contributed by atoms with Crippen LogP contribution >= 0.6 is 0 Å². The third-order valence-electron chi connectivity index (χ3n) is 2.80. The van der Waals surface area contributed by atoms with Crippen molar-refractivity contribution < 1.29 is 24.1 Å². The van der Waals surface area contributed by atoms with Gasteiger partial charge in [0.15, 0.2) is 0 Å². The molecular weight excluding hydrogens is 272 g/mol. The van der Waals surface area contributed by atoms with Gasteiger partial charge in [-0.3, -0.25) is 4.89 Å². The first-order valence-corrected chi connectivity index (χ1v) is 6.89. The van der Waals surface area contributed by atoms with Crippen LogP contribution in [0.5, 0.6) is 0 Å². The maximum Gasteiger partial charge on any atom is 0.373 e. The molecule has 0 aliphatic carbocycles. The molecule has 0 radical (unpaired) electrons. The lowest BCUT2D eigenvalue weighted by Gasteiger charge is -2.14. The minimum atomic E-state index is -0.527. The highest BCUT2D eigenvalue weighted by Crippen LogP contribution is 2.08. The zero-order chi connectivity index (χ0) is 15.5. The van der Waals surface area contributed by atoms with Crippen LogP contribution in [0.4, 0.5) is 0 Å². The third kappa shape index (κ3) is 6.72. The molecule has 1 rings (SSSR count). The summed E-state index contributed by atoms with van der Waals surface area (Å²) in [4.78, 5) is 32.2. The lowest BCUT2D eigenvalue weighted by molar-refractivity contribution is -0.241. The second-order valence-electron chi connectivity index (χ2n) is 4.37. The smallest absolute Gasteiger partial charge is 0.373 e. The van der Waals surface area contributed by atoms with Gasteiger partial charge in [-0.25, -0.2) is 9.59 Å². The van der Waals surface area contributed by atoms with Gasteiger partial charge in [0, 0.05) is 6.08 Å². The molecule has 0 aliphatic rings. The number of hydrogen-bond donors (Lipinski definition) is 0. The Bertz CT molecular complexity index is 455. The van der Waals surface area contributed by atoms with E-state index in [-0.39, 0.29) is 12.7 Å². The van der Waals surface area contributed by atoms with Gasteiger partial charge in [-0.1, -0.05) is 31.7 Å². The minimum absolute atomic E-state index is 0.177. The Labute approximate surface area is 124 Å². The van der Waals surface area contributed by atoms with E-state index in [1.54, 1.807) is 24.3 Å². The molecule has 1 atom stereocenters. The second-order valence-corrected chi connectivity index (χ2v) is 4.37. The zero-order valence-corrected chi connectivity index (χ0v) is 12.1. The first-order chi connectivity index (χ1) is 10.2. The monoisotopic (exact) mass is 292 g/mol. The first-order valence-electron chi connectivity index (χ1n) is 6.89. The van der Waals surface area contributed by atoms with E-state index < -0.39 is 11.9 Å². The Balaban J connectivity index is 2.17. The second kappa shape index (κ2) is 9.72. The molecule has 0 saturated heterocycles. The van der Waals surface area contributed by atoms with E-state index in [0.29, 0.717) is 24.8 Å². The number of hydrogen-bond acceptors (Lipinski definition) is 5. The van der Waals surface area contributed by atoms with Gasteiger partial charge in [-0.2, -0.15) is 4.89 Å². The predicted octanol–water partition coefficient (Wildman–Crippen LogP) is 3.06. The van der Waals surface area contributed by atoms with Crippen LogP contribution in [0, 0.1) is 0 Å². The van der Waals surface area contributed by atoms with E-state index in [4.69, 9.17) is 9.62 Å². The fourth-order valence-electron chi connectivity index (χ4n) is 1.65. The van der Waals surface area contributed by atoms with Crippen molar-refractivity contribution in [2.24, 2.45) is 0 Å². The fourth-order valence-corrected chi connectivity index (χ4v) is 1.65. The Morgan fingerprint density at radius 2 is 2.00 bits per heavy atom. The van der Waals surface area contributed by atoms with Crippen LogP contribution in [0.1, 0.15) is 36.5 Å². The number of carbonyl (C=O) groups excluding carboxylic acids is 2. The van der Waals surface area contributed by atoms with Gasteiger partial charge in [0.2, 0.25) is 0 Å². The van der Waals surface area contributed by atoms with E-state index in [9.17, 15) is 9.59 Å². The van der Waals surface area contributed by atoms with Gasteiger partial charge in [-0.05, 0) is 31.4 Å². The molecule has 0 N–H and O–H groups in total. The molecule has 5 nitrogen and oxygen atoms in total. The van der Waals surface area contributed by atoms with Gasteiger partial charge in [0.25, 0.3) is 0 Å². The number of esters is 1. The first kappa shape index (κ1) is 16.9. The Morgan fingerprint density at radius 1 is 1.29 bits per heavy atom. The summed E-state index contributed by atoms with van der Waals surface area (Å²) in [5, 5.41) is 0. The number of rotatable bonds is 9. The summed E-state index contributed by atoms with van der Waals surface area (Å²) in [5.41, 5.74) is 0.434. The van der Waals surface area contributed by atoms with Crippen molar-refractivity contribution >= 4 is 11.9 Å². The van der Waals surface area contributed by atoms with Crippen molar-refractivity contribution in [2.45, 2.75) is 32.3 Å². The molecule has 0 fully saturated rings. The fraction of sp³-hybridized carbons (Fsp3) is 0.375. The summed E-state index contributed by atoms with van der Waals surface area (Å²) in [7, 11) is 0. The SMILES string of the molecule is C=CC(=O)OC(CC)CCCOOC(=O)c1ccccc1. The molecule has 1 unspecified atom stereocenters. The molecular formula is C16H20O5. The van der Waals surface area contributed by atoms with Crippen LogP contribution in [0.15, 0.2) is 43.0 Å². The molecule has 1 aromatic carbocycles. The average Bonchev–Trinajstić information content (AvgIpc) is 2.53. The molecule has 0 spiro atoms. The van der Waals surface area contributed by atoms with Crippen molar-refractivity contribution in [3.63, 3.8) is 0 Å². The average molecular weight is 292 g/mol. The number of ether oxygens (including phenoxy) is 1. The summed E-state index contributed by atoms with van der Waals surface area (Å²) < 4.78 is 5.13. The molecule has 0 aromatic heterocycles. The maximum absolute atomic E-state index is 11.6. The van der Waals surface area contributed by atoms with Gasteiger partial charge >= 0.3 is 11.9 Å². The van der Waals surface area contributed by atoms with E-state index >= 15 is 0 Å². The Kier molecular flexibility index (Phi) is 7.82. The molecule has 5 heteroatoms. The Morgan fingerprint density at radius 3 is 2.62 bits per heavy atom. The van der Waals surface area contributed by atoms with Crippen LogP contribution in [-0.2, 0) is 19.3 Å². The quantitative estimate of drug-likeness (QED) is 0.230. The van der Waals surface area contributed by atoms with Crippen molar-refractivity contribution in [3.05, 3.63) is 48.6 Å². The van der Waals surface area contributed by atoms with E-state index in [2.05, 4.69) is 11.5 Å². The van der Waals surface area contributed by atoms with Crippen molar-refractivity contribution in [2.75, 3.05) is 6.61 Å². The zero-order valence-electron chi connectivity index (χ0n) is 12.1. The van der Waals surface area contributed by atoms with Gasteiger partial charge < -0.3 is 4.74 Å². The predicted molar refractivity (Wildman–Crippen MR) is 77.4 cm³/mol. The molecule has 21 heavy (non-hydrogen) atoms. The van der Waals surface area contributed by atoms with Crippen LogP contribution in [0.2, 0.25) is 0 Å². The molecule has 0 amide bonds. The summed E-state index contributed by atoms with van der Waals surface area (Å²) >= 11 is 0. The highest BCUT2D eigenvalue weighted by Gasteiger charge is 2.11. The van der Waals surface area contributed by atoms with E-state index in [0.717, 1.165) is 6.08 Å². The largest absolute Gasteiger partial charge is 0.459 e. The third-order valence-corrected chi connectivity index (χ3v) is 2.80. The van der Waals surface area contributed by atoms with Crippen molar-refractivity contribution in [1.29, 1.82) is 0 Å². The lowest BCUT2D eigenvalue weighted by atomic mass is 10.1. The van der Waals surface area contributed by atoms with E-state index in [1.165, 1.54) is 0 Å². The highest BCUT2D eigenvalue weighted by molar-refractivity contribution is 5.88. The number of benzene rings is 1. The molecule has 0 heterocycles. The van der Waals surface area contributed by atoms with Crippen molar-refractivity contribution in [1.82, 2.24) is 0 Å². The maximum atomic E-state index is 11.6. The minimum Gasteiger partial charge on any atom is -0.459 e. The summed E-state index contributed by atoms with van der Waals surface area (Å²) in [6.45, 7) is 5.53. The van der Waals surface area contributed by atoms with Crippen LogP contribution in [0.3, 0.4) is 0 Å². The summed E-state index contributed by atoms with van der Waals surface area (Å²) in [6.07, 6.45) is 2.93. The Hall–Kier alpha value is -2.14. The summed E-state index contributed by atoms with van der Waals surface area (Å²) in [6, 6.07) is 8.60. The molecule has 114 valence electrons. The molecule has 0 bridgehead atoms. The molecule has 1 aromatic rings. The van der Waals surface area contributed by atoms with Gasteiger partial charge in [0.1, 0.15) is 6.10 Å². The van der Waals surface area contributed by atoms with Crippen LogP contribution in [0.25, 0.3) is 0 Å². The topological polar surface area (TPSA) is 61.8 Å². The van der Waals surface area contributed by atoms with E-state index in [1.807, 2.05) is 13.0 Å². The number of carbonyl (C=O) groups is 2. The highest BCUT2D eigenvalue weighted by atomic mass is 17.2.